The van der Waals surface area contributed by atoms with Gasteiger partial charge in [-0.25, -0.2) is 4.98 Å². The first-order chi connectivity index (χ1) is 10.2. The van der Waals surface area contributed by atoms with Crippen molar-refractivity contribution >= 4 is 0 Å². The molecule has 0 saturated heterocycles. The average molecular weight is 286 g/mol. The molecule has 5 heteroatoms. The van der Waals surface area contributed by atoms with Gasteiger partial charge in [-0.05, 0) is 43.9 Å². The zero-order valence-electron chi connectivity index (χ0n) is 12.2. The number of aromatic amines is 1. The fourth-order valence-electron chi connectivity index (χ4n) is 2.73. The van der Waals surface area contributed by atoms with Crippen molar-refractivity contribution in [1.82, 2.24) is 9.97 Å². The maximum atomic E-state index is 12.2. The molecule has 21 heavy (non-hydrogen) atoms. The lowest BCUT2D eigenvalue weighted by Crippen LogP contribution is -2.21. The van der Waals surface area contributed by atoms with Gasteiger partial charge >= 0.3 is 0 Å². The zero-order valence-corrected chi connectivity index (χ0v) is 12.2. The number of fused-ring (bicyclic) bond motifs is 1. The summed E-state index contributed by atoms with van der Waals surface area (Å²) >= 11 is 0. The van der Waals surface area contributed by atoms with E-state index in [1.807, 2.05) is 18.2 Å². The third-order valence-corrected chi connectivity index (χ3v) is 3.85. The SMILES string of the molecule is COc1ccc(OC)c(-c2nc3c(c(=O)[nH]2)CCCC3)c1. The Bertz CT molecular complexity index is 722. The summed E-state index contributed by atoms with van der Waals surface area (Å²) in [5, 5.41) is 0. The second-order valence-corrected chi connectivity index (χ2v) is 5.11. The Labute approximate surface area is 123 Å². The molecule has 110 valence electrons. The van der Waals surface area contributed by atoms with E-state index in [9.17, 15) is 4.79 Å². The second kappa shape index (κ2) is 5.60. The van der Waals surface area contributed by atoms with E-state index in [1.54, 1.807) is 14.2 Å². The van der Waals surface area contributed by atoms with Gasteiger partial charge in [-0.1, -0.05) is 0 Å². The number of benzene rings is 1. The molecule has 3 rings (SSSR count). The molecule has 0 amide bonds. The summed E-state index contributed by atoms with van der Waals surface area (Å²) in [6.07, 6.45) is 3.81. The molecule has 0 aliphatic heterocycles. The van der Waals surface area contributed by atoms with Gasteiger partial charge in [0.05, 0.1) is 25.5 Å². The van der Waals surface area contributed by atoms with E-state index in [2.05, 4.69) is 9.97 Å². The van der Waals surface area contributed by atoms with Gasteiger partial charge in [0.15, 0.2) is 0 Å². The number of methoxy groups -OCH3 is 2. The van der Waals surface area contributed by atoms with E-state index in [0.717, 1.165) is 42.5 Å². The lowest BCUT2D eigenvalue weighted by atomic mass is 9.97. The summed E-state index contributed by atoms with van der Waals surface area (Å²) in [5.41, 5.74) is 2.43. The van der Waals surface area contributed by atoms with Crippen molar-refractivity contribution in [3.8, 4) is 22.9 Å². The van der Waals surface area contributed by atoms with Crippen molar-refractivity contribution in [2.75, 3.05) is 14.2 Å². The highest BCUT2D eigenvalue weighted by Crippen LogP contribution is 2.31. The van der Waals surface area contributed by atoms with Crippen molar-refractivity contribution in [2.45, 2.75) is 25.7 Å². The third-order valence-electron chi connectivity index (χ3n) is 3.85. The summed E-state index contributed by atoms with van der Waals surface area (Å²) in [5.74, 6) is 1.90. The Balaban J connectivity index is 2.16. The molecule has 1 heterocycles. The van der Waals surface area contributed by atoms with Gasteiger partial charge in [-0.2, -0.15) is 0 Å². The van der Waals surface area contributed by atoms with Crippen LogP contribution in [0.25, 0.3) is 11.4 Å². The van der Waals surface area contributed by atoms with Gasteiger partial charge in [0.25, 0.3) is 5.56 Å². The molecule has 1 aromatic carbocycles. The van der Waals surface area contributed by atoms with Crippen LogP contribution in [0.4, 0.5) is 0 Å². The topological polar surface area (TPSA) is 64.2 Å². The standard InChI is InChI=1S/C16H18N2O3/c1-20-10-7-8-14(21-2)12(9-10)15-17-13-6-4-3-5-11(13)16(19)18-15/h7-9H,3-6H2,1-2H3,(H,17,18,19). The van der Waals surface area contributed by atoms with Crippen LogP contribution in [-0.4, -0.2) is 24.2 Å². The first-order valence-corrected chi connectivity index (χ1v) is 7.07. The van der Waals surface area contributed by atoms with Gasteiger partial charge in [-0.15, -0.1) is 0 Å². The lowest BCUT2D eigenvalue weighted by molar-refractivity contribution is 0.404. The summed E-state index contributed by atoms with van der Waals surface area (Å²) < 4.78 is 10.6. The van der Waals surface area contributed by atoms with Gasteiger partial charge in [0.1, 0.15) is 17.3 Å². The summed E-state index contributed by atoms with van der Waals surface area (Å²) in [6, 6.07) is 5.46. The monoisotopic (exact) mass is 286 g/mol. The third kappa shape index (κ3) is 2.51. The Kier molecular flexibility index (Phi) is 3.64. The average Bonchev–Trinajstić information content (AvgIpc) is 2.54. The molecule has 0 unspecified atom stereocenters. The number of hydrogen-bond donors (Lipinski definition) is 1. The molecule has 1 aromatic heterocycles. The molecular weight excluding hydrogens is 268 g/mol. The molecule has 0 fully saturated rings. The molecule has 5 nitrogen and oxygen atoms in total. The number of aromatic nitrogens is 2. The van der Waals surface area contributed by atoms with Crippen molar-refractivity contribution in [1.29, 1.82) is 0 Å². The van der Waals surface area contributed by atoms with Gasteiger partial charge in [0.2, 0.25) is 0 Å². The number of aryl methyl sites for hydroxylation is 1. The quantitative estimate of drug-likeness (QED) is 0.940. The molecule has 0 saturated carbocycles. The van der Waals surface area contributed by atoms with Crippen LogP contribution in [0.2, 0.25) is 0 Å². The Morgan fingerprint density at radius 1 is 1.14 bits per heavy atom. The summed E-state index contributed by atoms with van der Waals surface area (Å²) in [6.45, 7) is 0. The first kappa shape index (κ1) is 13.7. The van der Waals surface area contributed by atoms with E-state index < -0.39 is 0 Å². The fourth-order valence-corrected chi connectivity index (χ4v) is 2.73. The van der Waals surface area contributed by atoms with Crippen molar-refractivity contribution in [2.24, 2.45) is 0 Å². The van der Waals surface area contributed by atoms with Crippen LogP contribution < -0.4 is 15.0 Å². The first-order valence-electron chi connectivity index (χ1n) is 7.07. The Morgan fingerprint density at radius 3 is 2.71 bits per heavy atom. The molecule has 1 aliphatic carbocycles. The van der Waals surface area contributed by atoms with Crippen molar-refractivity contribution in [3.63, 3.8) is 0 Å². The van der Waals surface area contributed by atoms with E-state index in [4.69, 9.17) is 9.47 Å². The fraction of sp³-hybridized carbons (Fsp3) is 0.375. The smallest absolute Gasteiger partial charge is 0.254 e. The maximum absolute atomic E-state index is 12.2. The molecule has 2 aromatic rings. The predicted octanol–water partition coefficient (Wildman–Crippen LogP) is 2.33. The summed E-state index contributed by atoms with van der Waals surface area (Å²) in [7, 11) is 3.20. The van der Waals surface area contributed by atoms with Crippen molar-refractivity contribution < 1.29 is 9.47 Å². The van der Waals surface area contributed by atoms with Crippen LogP contribution in [0.15, 0.2) is 23.0 Å². The van der Waals surface area contributed by atoms with Crippen LogP contribution in [0.1, 0.15) is 24.1 Å². The van der Waals surface area contributed by atoms with Gasteiger partial charge in [0, 0.05) is 5.56 Å². The van der Waals surface area contributed by atoms with E-state index >= 15 is 0 Å². The van der Waals surface area contributed by atoms with Crippen LogP contribution >= 0.6 is 0 Å². The molecule has 0 radical (unpaired) electrons. The normalized spacial score (nSPS) is 13.6. The molecule has 0 spiro atoms. The van der Waals surface area contributed by atoms with Gasteiger partial charge in [-0.3, -0.25) is 4.79 Å². The number of nitrogens with zero attached hydrogens (tertiary/aromatic N) is 1. The Hall–Kier alpha value is -2.30. The zero-order chi connectivity index (χ0) is 14.8. The van der Waals surface area contributed by atoms with Crippen LogP contribution in [0.3, 0.4) is 0 Å². The lowest BCUT2D eigenvalue weighted by Gasteiger charge is -2.16. The van der Waals surface area contributed by atoms with E-state index in [1.165, 1.54) is 0 Å². The van der Waals surface area contributed by atoms with Crippen molar-refractivity contribution in [3.05, 3.63) is 39.8 Å². The maximum Gasteiger partial charge on any atom is 0.254 e. The highest BCUT2D eigenvalue weighted by molar-refractivity contribution is 5.66. The number of H-pyrrole nitrogens is 1. The van der Waals surface area contributed by atoms with E-state index in [0.29, 0.717) is 17.3 Å². The summed E-state index contributed by atoms with van der Waals surface area (Å²) in [4.78, 5) is 19.8. The largest absolute Gasteiger partial charge is 0.497 e. The number of rotatable bonds is 3. The number of ether oxygens (including phenoxy) is 2. The van der Waals surface area contributed by atoms with E-state index in [-0.39, 0.29) is 5.56 Å². The predicted molar refractivity (Wildman–Crippen MR) is 80.0 cm³/mol. The van der Waals surface area contributed by atoms with Crippen LogP contribution in [0.5, 0.6) is 11.5 Å². The molecule has 1 N–H and O–H groups in total. The minimum atomic E-state index is -0.0421. The number of hydrogen-bond acceptors (Lipinski definition) is 4. The van der Waals surface area contributed by atoms with Gasteiger partial charge < -0.3 is 14.5 Å². The molecular formula is C16H18N2O3. The van der Waals surface area contributed by atoms with Crippen LogP contribution in [-0.2, 0) is 12.8 Å². The highest BCUT2D eigenvalue weighted by Gasteiger charge is 2.18. The minimum Gasteiger partial charge on any atom is -0.497 e. The number of nitrogens with one attached hydrogen (secondary N) is 1. The highest BCUT2D eigenvalue weighted by atomic mass is 16.5. The minimum absolute atomic E-state index is 0.0421. The molecule has 0 bridgehead atoms. The second-order valence-electron chi connectivity index (χ2n) is 5.11. The Morgan fingerprint density at radius 2 is 1.95 bits per heavy atom. The molecule has 1 aliphatic rings. The van der Waals surface area contributed by atoms with Crippen LogP contribution in [0, 0.1) is 0 Å². The molecule has 0 atom stereocenters.